The Bertz CT molecular complexity index is 704. The summed E-state index contributed by atoms with van der Waals surface area (Å²) in [5.41, 5.74) is 1.79. The number of nitrogens with one attached hydrogen (secondary N) is 2. The van der Waals surface area contributed by atoms with Crippen molar-refractivity contribution in [1.82, 2.24) is 14.9 Å². The molecular weight excluding hydrogens is 330 g/mol. The Hall–Kier alpha value is -2.67. The highest BCUT2D eigenvalue weighted by atomic mass is 16.5. The number of urea groups is 1. The third-order valence-corrected chi connectivity index (χ3v) is 3.54. The smallest absolute Gasteiger partial charge is 0.324 e. The van der Waals surface area contributed by atoms with Crippen LogP contribution in [0.15, 0.2) is 36.8 Å². The maximum atomic E-state index is 12.3. The number of hydrogen-bond donors (Lipinski definition) is 2. The molecule has 0 aliphatic heterocycles. The fourth-order valence-corrected chi connectivity index (χ4v) is 2.37. The number of benzene rings is 1. The molecule has 2 N–H and O–H groups in total. The first kappa shape index (κ1) is 19.7. The highest BCUT2D eigenvalue weighted by molar-refractivity contribution is 6.00. The summed E-state index contributed by atoms with van der Waals surface area (Å²) in [6.07, 6.45) is 5.49. The number of carbonyl (C=O) groups excluding carboxylic acids is 1. The summed E-state index contributed by atoms with van der Waals surface area (Å²) in [4.78, 5) is 22.3. The van der Waals surface area contributed by atoms with Gasteiger partial charge < -0.3 is 15.0 Å². The van der Waals surface area contributed by atoms with Crippen LogP contribution < -0.4 is 15.4 Å². The van der Waals surface area contributed by atoms with Crippen molar-refractivity contribution < 1.29 is 9.53 Å². The van der Waals surface area contributed by atoms with Crippen molar-refractivity contribution in [2.24, 2.45) is 5.92 Å². The fraction of sp³-hybridized carbons (Fsp3) is 0.421. The molecule has 0 saturated heterocycles. The second-order valence-electron chi connectivity index (χ2n) is 6.75. The first-order valence-corrected chi connectivity index (χ1v) is 8.68. The van der Waals surface area contributed by atoms with Gasteiger partial charge in [0.25, 0.3) is 0 Å². The van der Waals surface area contributed by atoms with Crippen LogP contribution in [0.2, 0.25) is 0 Å². The molecule has 1 aromatic heterocycles. The minimum absolute atomic E-state index is 0.385. The van der Waals surface area contributed by atoms with Gasteiger partial charge in [-0.25, -0.2) is 9.78 Å². The van der Waals surface area contributed by atoms with Crippen LogP contribution in [0.3, 0.4) is 0 Å². The number of amides is 2. The number of rotatable bonds is 8. The minimum atomic E-state index is -0.385. The van der Waals surface area contributed by atoms with Gasteiger partial charge >= 0.3 is 6.03 Å². The van der Waals surface area contributed by atoms with E-state index in [1.54, 1.807) is 6.20 Å². The van der Waals surface area contributed by atoms with Crippen LogP contribution >= 0.6 is 0 Å². The normalized spacial score (nSPS) is 10.8. The third kappa shape index (κ3) is 6.68. The third-order valence-electron chi connectivity index (χ3n) is 3.54. The maximum absolute atomic E-state index is 12.3. The molecule has 0 spiro atoms. The summed E-state index contributed by atoms with van der Waals surface area (Å²) in [5.74, 6) is 1.56. The van der Waals surface area contributed by atoms with Crippen LogP contribution in [0.1, 0.15) is 19.4 Å². The average Bonchev–Trinajstić information content (AvgIpc) is 2.56. The van der Waals surface area contributed by atoms with Gasteiger partial charge in [-0.2, -0.15) is 0 Å². The van der Waals surface area contributed by atoms with E-state index in [1.807, 2.05) is 37.2 Å². The van der Waals surface area contributed by atoms with Gasteiger partial charge in [0.15, 0.2) is 5.82 Å². The monoisotopic (exact) mass is 357 g/mol. The number of carbonyl (C=O) groups is 1. The summed E-state index contributed by atoms with van der Waals surface area (Å²) < 4.78 is 5.85. The van der Waals surface area contributed by atoms with Gasteiger partial charge in [-0.3, -0.25) is 10.3 Å². The standard InChI is InChI=1S/C19H27N5O2/c1-14(2)11-15-5-6-17(26-10-9-24(3)4)16(12-15)22-19(25)23-18-13-20-7-8-21-18/h5-8,12-14H,9-11H2,1-4H3,(H2,21,22,23,25). The molecule has 26 heavy (non-hydrogen) atoms. The van der Waals surface area contributed by atoms with Gasteiger partial charge in [-0.1, -0.05) is 19.9 Å². The van der Waals surface area contributed by atoms with E-state index in [9.17, 15) is 4.79 Å². The Morgan fingerprint density at radius 3 is 2.69 bits per heavy atom. The second-order valence-corrected chi connectivity index (χ2v) is 6.75. The molecule has 0 aliphatic rings. The zero-order chi connectivity index (χ0) is 18.9. The van der Waals surface area contributed by atoms with Crippen LogP contribution in [0.25, 0.3) is 0 Å². The summed E-state index contributed by atoms with van der Waals surface area (Å²) in [6, 6.07) is 5.52. The predicted molar refractivity (Wildman–Crippen MR) is 104 cm³/mol. The predicted octanol–water partition coefficient (Wildman–Crippen LogP) is 3.26. The van der Waals surface area contributed by atoms with Crippen LogP contribution in [0.5, 0.6) is 5.75 Å². The van der Waals surface area contributed by atoms with E-state index in [4.69, 9.17) is 4.74 Å². The molecule has 0 fully saturated rings. The first-order chi connectivity index (χ1) is 12.4. The molecule has 7 heteroatoms. The lowest BCUT2D eigenvalue weighted by molar-refractivity contribution is 0.258. The van der Waals surface area contributed by atoms with Gasteiger partial charge in [0.05, 0.1) is 11.9 Å². The molecule has 0 aliphatic carbocycles. The van der Waals surface area contributed by atoms with Gasteiger partial charge in [0, 0.05) is 18.9 Å². The lowest BCUT2D eigenvalue weighted by atomic mass is 10.0. The van der Waals surface area contributed by atoms with Gasteiger partial charge in [0.2, 0.25) is 0 Å². The van der Waals surface area contributed by atoms with Crippen LogP contribution in [-0.4, -0.2) is 48.1 Å². The molecule has 0 atom stereocenters. The van der Waals surface area contributed by atoms with Gasteiger partial charge in [0.1, 0.15) is 12.4 Å². The Morgan fingerprint density at radius 2 is 2.04 bits per heavy atom. The summed E-state index contributed by atoms with van der Waals surface area (Å²) in [6.45, 7) is 5.65. The van der Waals surface area contributed by atoms with Gasteiger partial charge in [-0.05, 0) is 44.1 Å². The lowest BCUT2D eigenvalue weighted by Gasteiger charge is -2.16. The number of likely N-dealkylation sites (N-methyl/N-ethyl adjacent to an activating group) is 1. The Balaban J connectivity index is 2.11. The minimum Gasteiger partial charge on any atom is -0.490 e. The highest BCUT2D eigenvalue weighted by Gasteiger charge is 2.11. The van der Waals surface area contributed by atoms with Crippen molar-refractivity contribution in [3.8, 4) is 5.75 Å². The van der Waals surface area contributed by atoms with Crippen LogP contribution in [0, 0.1) is 5.92 Å². The molecule has 140 valence electrons. The molecule has 2 aromatic rings. The first-order valence-electron chi connectivity index (χ1n) is 8.68. The molecule has 2 rings (SSSR count). The molecule has 7 nitrogen and oxygen atoms in total. The van der Waals surface area contributed by atoms with Crippen molar-refractivity contribution >= 4 is 17.5 Å². The number of ether oxygens (including phenoxy) is 1. The number of aromatic nitrogens is 2. The summed E-state index contributed by atoms with van der Waals surface area (Å²) in [7, 11) is 3.98. The zero-order valence-corrected chi connectivity index (χ0v) is 15.8. The Labute approximate surface area is 154 Å². The molecule has 2 amide bonds. The maximum Gasteiger partial charge on any atom is 0.324 e. The van der Waals surface area contributed by atoms with E-state index in [1.165, 1.54) is 12.4 Å². The number of anilines is 2. The largest absolute Gasteiger partial charge is 0.490 e. The molecule has 0 bridgehead atoms. The fourth-order valence-electron chi connectivity index (χ4n) is 2.37. The van der Waals surface area contributed by atoms with Crippen molar-refractivity contribution in [2.45, 2.75) is 20.3 Å². The quantitative estimate of drug-likeness (QED) is 0.758. The van der Waals surface area contributed by atoms with E-state index in [2.05, 4.69) is 34.4 Å². The summed E-state index contributed by atoms with van der Waals surface area (Å²) in [5, 5.41) is 5.52. The molecular formula is C19H27N5O2. The topological polar surface area (TPSA) is 79.4 Å². The zero-order valence-electron chi connectivity index (χ0n) is 15.8. The number of nitrogens with zero attached hydrogens (tertiary/aromatic N) is 3. The van der Waals surface area contributed by atoms with E-state index in [0.717, 1.165) is 18.5 Å². The molecule has 1 aromatic carbocycles. The van der Waals surface area contributed by atoms with Crippen LogP contribution in [-0.2, 0) is 6.42 Å². The van der Waals surface area contributed by atoms with E-state index >= 15 is 0 Å². The van der Waals surface area contributed by atoms with Crippen LogP contribution in [0.4, 0.5) is 16.3 Å². The molecule has 1 heterocycles. The molecule has 0 unspecified atom stereocenters. The van der Waals surface area contributed by atoms with Crippen molar-refractivity contribution in [1.29, 1.82) is 0 Å². The molecule has 0 radical (unpaired) electrons. The van der Waals surface area contributed by atoms with Crippen molar-refractivity contribution in [3.63, 3.8) is 0 Å². The second kappa shape index (κ2) is 9.72. The Kier molecular flexibility index (Phi) is 7.35. The van der Waals surface area contributed by atoms with E-state index in [0.29, 0.717) is 29.8 Å². The van der Waals surface area contributed by atoms with E-state index < -0.39 is 0 Å². The molecule has 0 saturated carbocycles. The summed E-state index contributed by atoms with van der Waals surface area (Å²) >= 11 is 0. The SMILES string of the molecule is CC(C)Cc1ccc(OCCN(C)C)c(NC(=O)Nc2cnccn2)c1. The average molecular weight is 357 g/mol. The number of hydrogen-bond acceptors (Lipinski definition) is 5. The van der Waals surface area contributed by atoms with Gasteiger partial charge in [-0.15, -0.1) is 0 Å². The lowest BCUT2D eigenvalue weighted by Crippen LogP contribution is -2.22. The van der Waals surface area contributed by atoms with Crippen molar-refractivity contribution in [3.05, 3.63) is 42.4 Å². The highest BCUT2D eigenvalue weighted by Crippen LogP contribution is 2.27. The van der Waals surface area contributed by atoms with E-state index in [-0.39, 0.29) is 6.03 Å². The van der Waals surface area contributed by atoms with Crippen molar-refractivity contribution in [2.75, 3.05) is 37.9 Å². The Morgan fingerprint density at radius 1 is 1.23 bits per heavy atom.